The van der Waals surface area contributed by atoms with E-state index in [-0.39, 0.29) is 0 Å². The summed E-state index contributed by atoms with van der Waals surface area (Å²) < 4.78 is 1.22. The van der Waals surface area contributed by atoms with Gasteiger partial charge in [-0.25, -0.2) is 0 Å². The van der Waals surface area contributed by atoms with Gasteiger partial charge in [0.15, 0.2) is 0 Å². The lowest BCUT2D eigenvalue weighted by Crippen LogP contribution is -1.81. The number of hydrogen-bond donors (Lipinski definition) is 0. The predicted molar refractivity (Wildman–Crippen MR) is 56.0 cm³/mol. The fourth-order valence-electron chi connectivity index (χ4n) is 0.827. The molecule has 0 saturated heterocycles. The van der Waals surface area contributed by atoms with Gasteiger partial charge in [0.25, 0.3) is 0 Å². The Balaban J connectivity index is 2.62. The molecule has 0 aliphatic carbocycles. The van der Waals surface area contributed by atoms with Crippen molar-refractivity contribution in [3.05, 3.63) is 34.3 Å². The van der Waals surface area contributed by atoms with Crippen LogP contribution >= 0.6 is 27.7 Å². The van der Waals surface area contributed by atoms with E-state index in [1.807, 2.05) is 17.8 Å². The van der Waals surface area contributed by atoms with E-state index in [1.54, 1.807) is 0 Å². The molecule has 1 rings (SSSR count). The first-order valence-corrected chi connectivity index (χ1v) is 5.60. The van der Waals surface area contributed by atoms with Crippen molar-refractivity contribution in [1.82, 2.24) is 0 Å². The molecular weight excluding hydrogens is 220 g/mol. The molecule has 0 bridgehead atoms. The molecule has 0 N–H and O–H groups in total. The van der Waals surface area contributed by atoms with E-state index in [0.29, 0.717) is 0 Å². The first kappa shape index (κ1) is 9.14. The Bertz CT molecular complexity index is 223. The van der Waals surface area contributed by atoms with Gasteiger partial charge < -0.3 is 0 Å². The molecule has 0 radical (unpaired) electrons. The first-order chi connectivity index (χ1) is 5.34. The zero-order chi connectivity index (χ0) is 8.10. The van der Waals surface area contributed by atoms with Crippen LogP contribution in [0.3, 0.4) is 0 Å². The second kappa shape index (κ2) is 4.83. The van der Waals surface area contributed by atoms with Crippen molar-refractivity contribution in [3.8, 4) is 0 Å². The van der Waals surface area contributed by atoms with E-state index >= 15 is 0 Å². The summed E-state index contributed by atoms with van der Waals surface area (Å²) in [7, 11) is 0. The summed E-state index contributed by atoms with van der Waals surface area (Å²) in [6.07, 6.45) is 0. The number of rotatable bonds is 3. The van der Waals surface area contributed by atoms with E-state index in [1.165, 1.54) is 15.8 Å². The van der Waals surface area contributed by atoms with Crippen molar-refractivity contribution < 1.29 is 0 Å². The molecular formula is C9H11BrS. The van der Waals surface area contributed by atoms with Crippen LogP contribution in [-0.4, -0.2) is 5.75 Å². The summed E-state index contributed by atoms with van der Waals surface area (Å²) in [6.45, 7) is 2.18. The molecule has 1 aromatic carbocycles. The third kappa shape index (κ3) is 2.88. The maximum atomic E-state index is 3.51. The summed E-state index contributed by atoms with van der Waals surface area (Å²) in [6, 6.07) is 8.37. The lowest BCUT2D eigenvalue weighted by molar-refractivity contribution is 1.37. The average molecular weight is 231 g/mol. The van der Waals surface area contributed by atoms with Crippen molar-refractivity contribution >= 4 is 27.7 Å². The van der Waals surface area contributed by atoms with Crippen LogP contribution in [0.25, 0.3) is 0 Å². The molecule has 0 atom stereocenters. The third-order valence-corrected chi connectivity index (χ3v) is 3.12. The highest BCUT2D eigenvalue weighted by atomic mass is 79.9. The van der Waals surface area contributed by atoms with Crippen LogP contribution in [-0.2, 0) is 5.75 Å². The van der Waals surface area contributed by atoms with Crippen molar-refractivity contribution in [2.45, 2.75) is 12.7 Å². The van der Waals surface area contributed by atoms with Crippen molar-refractivity contribution in [1.29, 1.82) is 0 Å². The van der Waals surface area contributed by atoms with Crippen LogP contribution in [0.2, 0.25) is 0 Å². The molecule has 0 fully saturated rings. The minimum absolute atomic E-state index is 1.11. The van der Waals surface area contributed by atoms with Crippen molar-refractivity contribution in [2.24, 2.45) is 0 Å². The number of hydrogen-bond acceptors (Lipinski definition) is 1. The van der Waals surface area contributed by atoms with Gasteiger partial charge in [0.05, 0.1) is 0 Å². The first-order valence-electron chi connectivity index (χ1n) is 3.65. The lowest BCUT2D eigenvalue weighted by atomic mass is 10.2. The van der Waals surface area contributed by atoms with Crippen molar-refractivity contribution in [3.63, 3.8) is 0 Å². The van der Waals surface area contributed by atoms with Gasteiger partial charge in [-0.05, 0) is 17.4 Å². The minimum atomic E-state index is 1.11. The van der Waals surface area contributed by atoms with Gasteiger partial charge in [-0.2, -0.15) is 11.8 Å². The van der Waals surface area contributed by atoms with Gasteiger partial charge in [-0.3, -0.25) is 0 Å². The van der Waals surface area contributed by atoms with Crippen molar-refractivity contribution in [2.75, 3.05) is 5.75 Å². The third-order valence-electron chi connectivity index (χ3n) is 1.42. The van der Waals surface area contributed by atoms with Crippen LogP contribution in [0.15, 0.2) is 28.7 Å². The summed E-state index contributed by atoms with van der Waals surface area (Å²) in [5.41, 5.74) is 1.39. The molecule has 0 aliphatic heterocycles. The standard InChI is InChI=1S/C9H11BrS/c1-2-11-7-8-5-3-4-6-9(8)10/h3-6H,2,7H2,1H3. The zero-order valence-electron chi connectivity index (χ0n) is 6.51. The van der Waals surface area contributed by atoms with E-state index in [4.69, 9.17) is 0 Å². The predicted octanol–water partition coefficient (Wildman–Crippen LogP) is 3.70. The van der Waals surface area contributed by atoms with Gasteiger partial charge >= 0.3 is 0 Å². The monoisotopic (exact) mass is 230 g/mol. The van der Waals surface area contributed by atoms with E-state index in [0.717, 1.165) is 5.75 Å². The molecule has 0 aliphatic rings. The quantitative estimate of drug-likeness (QED) is 0.764. The van der Waals surface area contributed by atoms with Crippen LogP contribution < -0.4 is 0 Å². The molecule has 0 spiro atoms. The maximum Gasteiger partial charge on any atom is 0.0215 e. The zero-order valence-corrected chi connectivity index (χ0v) is 8.91. The fraction of sp³-hybridized carbons (Fsp3) is 0.333. The van der Waals surface area contributed by atoms with Gasteiger partial charge in [-0.15, -0.1) is 0 Å². The summed E-state index contributed by atoms with van der Waals surface area (Å²) in [4.78, 5) is 0. The molecule has 0 nitrogen and oxygen atoms in total. The van der Waals surface area contributed by atoms with Gasteiger partial charge in [0, 0.05) is 10.2 Å². The molecule has 0 saturated carbocycles. The van der Waals surface area contributed by atoms with E-state index in [9.17, 15) is 0 Å². The number of benzene rings is 1. The van der Waals surface area contributed by atoms with Crippen LogP contribution in [0.4, 0.5) is 0 Å². The van der Waals surface area contributed by atoms with E-state index in [2.05, 4.69) is 41.1 Å². The Morgan fingerprint density at radius 2 is 2.09 bits per heavy atom. The second-order valence-electron chi connectivity index (χ2n) is 2.23. The highest BCUT2D eigenvalue weighted by Crippen LogP contribution is 2.20. The highest BCUT2D eigenvalue weighted by Gasteiger charge is 1.95. The molecule has 2 heteroatoms. The number of halogens is 1. The Labute approximate surface area is 80.5 Å². The van der Waals surface area contributed by atoms with Crippen LogP contribution in [0.1, 0.15) is 12.5 Å². The molecule has 11 heavy (non-hydrogen) atoms. The van der Waals surface area contributed by atoms with Gasteiger partial charge in [0.2, 0.25) is 0 Å². The molecule has 0 amide bonds. The summed E-state index contributed by atoms with van der Waals surface area (Å²) in [5.74, 6) is 2.29. The highest BCUT2D eigenvalue weighted by molar-refractivity contribution is 9.10. The normalized spacial score (nSPS) is 10.0. The number of thioether (sulfide) groups is 1. The fourth-order valence-corrected chi connectivity index (χ4v) is 2.11. The molecule has 1 aromatic rings. The smallest absolute Gasteiger partial charge is 0.0215 e. The molecule has 0 unspecified atom stereocenters. The van der Waals surface area contributed by atoms with Crippen LogP contribution in [0.5, 0.6) is 0 Å². The maximum absolute atomic E-state index is 3.51. The molecule has 60 valence electrons. The molecule has 0 aromatic heterocycles. The summed E-state index contributed by atoms with van der Waals surface area (Å²) >= 11 is 5.46. The average Bonchev–Trinajstić information content (AvgIpc) is 2.03. The molecule has 0 heterocycles. The van der Waals surface area contributed by atoms with E-state index < -0.39 is 0 Å². The van der Waals surface area contributed by atoms with Gasteiger partial charge in [-0.1, -0.05) is 41.1 Å². The Kier molecular flexibility index (Phi) is 4.02. The SMILES string of the molecule is CCSCc1ccccc1Br. The second-order valence-corrected chi connectivity index (χ2v) is 4.36. The Hall–Kier alpha value is 0.0500. The summed E-state index contributed by atoms with van der Waals surface area (Å²) in [5, 5.41) is 0. The largest absolute Gasteiger partial charge is 0.157 e. The topological polar surface area (TPSA) is 0 Å². The van der Waals surface area contributed by atoms with Gasteiger partial charge in [0.1, 0.15) is 0 Å². The lowest BCUT2D eigenvalue weighted by Gasteiger charge is -2.01. The minimum Gasteiger partial charge on any atom is -0.157 e. The Morgan fingerprint density at radius 3 is 2.73 bits per heavy atom. The Morgan fingerprint density at radius 1 is 1.36 bits per heavy atom. The van der Waals surface area contributed by atoms with Crippen LogP contribution in [0, 0.1) is 0 Å².